The molecule has 0 aromatic heterocycles. The van der Waals surface area contributed by atoms with Gasteiger partial charge in [-0.3, -0.25) is 0 Å². The van der Waals surface area contributed by atoms with Gasteiger partial charge in [-0.2, -0.15) is 0 Å². The minimum atomic E-state index is -0.852. The van der Waals surface area contributed by atoms with E-state index in [2.05, 4.69) is 215 Å². The Balaban J connectivity index is 0.000000450. The molecule has 0 spiro atoms. The number of rotatable bonds is 8. The normalized spacial score (nSPS) is 14.8. The molecule has 0 saturated heterocycles. The topological polar surface area (TPSA) is 0 Å². The summed E-state index contributed by atoms with van der Waals surface area (Å²) in [5.74, 6) is 2.97. The molecular formula is C54H52Cl2P2Ru-. The molecule has 1 fully saturated rings. The molecule has 0 aliphatic heterocycles. The number of hydrogen-bond acceptors (Lipinski definition) is 0. The summed E-state index contributed by atoms with van der Waals surface area (Å²) >= 11 is 0. The monoisotopic (exact) mass is 934 g/mol. The van der Waals surface area contributed by atoms with Gasteiger partial charge in [-0.15, -0.1) is 0 Å². The molecule has 1 aliphatic carbocycles. The van der Waals surface area contributed by atoms with Crippen LogP contribution in [0.1, 0.15) is 46.5 Å². The van der Waals surface area contributed by atoms with E-state index >= 15 is 0 Å². The van der Waals surface area contributed by atoms with Crippen molar-refractivity contribution >= 4 is 69.2 Å². The van der Waals surface area contributed by atoms with Gasteiger partial charge in [0.25, 0.3) is 0 Å². The van der Waals surface area contributed by atoms with Gasteiger partial charge in [0.1, 0.15) is 0 Å². The molecular weight excluding hydrogens is 883 g/mol. The van der Waals surface area contributed by atoms with Crippen LogP contribution in [0.3, 0.4) is 0 Å². The summed E-state index contributed by atoms with van der Waals surface area (Å²) in [6.45, 7) is 7.11. The van der Waals surface area contributed by atoms with E-state index in [4.69, 9.17) is 0 Å². The summed E-state index contributed by atoms with van der Waals surface area (Å²) in [7, 11) is -1.70. The second-order valence-electron chi connectivity index (χ2n) is 15.6. The zero-order valence-electron chi connectivity index (χ0n) is 34.0. The van der Waals surface area contributed by atoms with E-state index in [-0.39, 0.29) is 44.3 Å². The Hall–Kier alpha value is -3.66. The number of benzene rings is 8. The summed E-state index contributed by atoms with van der Waals surface area (Å²) in [5, 5.41) is 13.3. The van der Waals surface area contributed by atoms with Gasteiger partial charge in [-0.25, -0.2) is 0 Å². The summed E-state index contributed by atoms with van der Waals surface area (Å²) in [5.41, 5.74) is 2.70. The molecule has 5 heteroatoms. The van der Waals surface area contributed by atoms with Crippen molar-refractivity contribution in [2.24, 2.45) is 17.8 Å². The van der Waals surface area contributed by atoms with E-state index in [1.54, 1.807) is 0 Å². The standard InChI is InChI=1S/C44H32P2.C10H20.2ClH.Ru/c1-5-19-35(20-6-1)45(36-21-7-2-8-22-36)41-31-29-33-17-13-15-27-39(33)43(41)44-40-28-16-14-18-34(40)30-32-42(44)46(37-23-9-3-10-24-37)38-25-11-4-12-26-38;1-8(2)10-6-4-9(3)5-7-10;;;/h1-32H;8-10H,4-7H2,1-3H3;2*1H;/q;;;;+1/p-2. The first-order valence-electron chi connectivity index (χ1n) is 20.4. The average Bonchev–Trinajstić information content (AvgIpc) is 3.26. The first-order valence-corrected chi connectivity index (χ1v) is 23.1. The summed E-state index contributed by atoms with van der Waals surface area (Å²) in [6, 6.07) is 71.8. The van der Waals surface area contributed by atoms with Gasteiger partial charge < -0.3 is 24.8 Å². The first kappa shape index (κ1) is 46.4. The minimum absolute atomic E-state index is 0. The minimum Gasteiger partial charge on any atom is -1.00 e. The van der Waals surface area contributed by atoms with Crippen molar-refractivity contribution in [2.45, 2.75) is 46.5 Å². The van der Waals surface area contributed by atoms with Crippen LogP contribution in [-0.2, 0) is 19.5 Å². The summed E-state index contributed by atoms with van der Waals surface area (Å²) in [6.07, 6.45) is 5.92. The zero-order chi connectivity index (χ0) is 38.3. The van der Waals surface area contributed by atoms with Crippen LogP contribution in [0.15, 0.2) is 194 Å². The van der Waals surface area contributed by atoms with Crippen LogP contribution in [-0.4, -0.2) is 0 Å². The molecule has 0 unspecified atom stereocenters. The third kappa shape index (κ3) is 10.6. The quantitative estimate of drug-likeness (QED) is 0.118. The zero-order valence-corrected chi connectivity index (χ0v) is 39.1. The Morgan fingerprint density at radius 2 is 0.695 bits per heavy atom. The van der Waals surface area contributed by atoms with Crippen LogP contribution in [0.2, 0.25) is 0 Å². The Morgan fingerprint density at radius 1 is 0.390 bits per heavy atom. The molecule has 9 rings (SSSR count). The van der Waals surface area contributed by atoms with E-state index in [0.29, 0.717) is 0 Å². The maximum Gasteiger partial charge on any atom is 1.00 e. The van der Waals surface area contributed by atoms with Gasteiger partial charge in [0.05, 0.1) is 0 Å². The molecule has 1 radical (unpaired) electrons. The van der Waals surface area contributed by atoms with Crippen molar-refractivity contribution in [3.05, 3.63) is 194 Å². The van der Waals surface area contributed by atoms with E-state index in [9.17, 15) is 0 Å². The smallest absolute Gasteiger partial charge is 1.00 e. The maximum atomic E-state index is 2.42. The van der Waals surface area contributed by atoms with Crippen LogP contribution in [0, 0.1) is 17.8 Å². The second kappa shape index (κ2) is 22.3. The third-order valence-electron chi connectivity index (χ3n) is 11.6. The van der Waals surface area contributed by atoms with Crippen molar-refractivity contribution in [3.8, 4) is 11.1 Å². The molecule has 301 valence electrons. The predicted octanol–water partition coefficient (Wildman–Crippen LogP) is 6.65. The van der Waals surface area contributed by atoms with Gasteiger partial charge in [-0.05, 0) is 111 Å². The second-order valence-corrected chi connectivity index (χ2v) is 20.0. The van der Waals surface area contributed by atoms with Crippen LogP contribution < -0.4 is 56.6 Å². The molecule has 0 nitrogen and oxygen atoms in total. The van der Waals surface area contributed by atoms with Crippen molar-refractivity contribution < 1.29 is 44.3 Å². The molecule has 8 aromatic carbocycles. The first-order chi connectivity index (χ1) is 27.6. The van der Waals surface area contributed by atoms with Gasteiger partial charge in [-0.1, -0.05) is 228 Å². The van der Waals surface area contributed by atoms with Crippen LogP contribution in [0.4, 0.5) is 0 Å². The van der Waals surface area contributed by atoms with E-state index < -0.39 is 15.8 Å². The van der Waals surface area contributed by atoms with Crippen molar-refractivity contribution in [1.82, 2.24) is 0 Å². The molecule has 0 heterocycles. The largest absolute Gasteiger partial charge is 1.00 e. The Kier molecular flexibility index (Phi) is 17.5. The third-order valence-corrected chi connectivity index (χ3v) is 16.6. The Morgan fingerprint density at radius 3 is 1.02 bits per heavy atom. The molecule has 8 aromatic rings. The van der Waals surface area contributed by atoms with Crippen LogP contribution in [0.25, 0.3) is 32.7 Å². The van der Waals surface area contributed by atoms with Gasteiger partial charge in [0, 0.05) is 0 Å². The number of hydrogen-bond donors (Lipinski definition) is 0. The molecule has 1 aliphatic rings. The fourth-order valence-corrected chi connectivity index (χ4v) is 13.5. The Labute approximate surface area is 380 Å². The molecule has 59 heavy (non-hydrogen) atoms. The van der Waals surface area contributed by atoms with Gasteiger partial charge in [0.2, 0.25) is 0 Å². The number of fused-ring (bicyclic) bond motifs is 2. The van der Waals surface area contributed by atoms with E-state index in [1.165, 1.54) is 90.2 Å². The van der Waals surface area contributed by atoms with Crippen molar-refractivity contribution in [2.75, 3.05) is 0 Å². The number of halogens is 2. The van der Waals surface area contributed by atoms with Crippen LogP contribution >= 0.6 is 15.8 Å². The van der Waals surface area contributed by atoms with Crippen molar-refractivity contribution in [1.29, 1.82) is 0 Å². The average molecular weight is 935 g/mol. The maximum absolute atomic E-state index is 2.42. The molecule has 1 saturated carbocycles. The summed E-state index contributed by atoms with van der Waals surface area (Å²) < 4.78 is 0. The summed E-state index contributed by atoms with van der Waals surface area (Å²) in [4.78, 5) is 0. The van der Waals surface area contributed by atoms with E-state index in [1.807, 2.05) is 0 Å². The van der Waals surface area contributed by atoms with Gasteiger partial charge in [0.15, 0.2) is 0 Å². The van der Waals surface area contributed by atoms with Crippen LogP contribution in [0.5, 0.6) is 0 Å². The SMILES string of the molecule is CC1CCC(C(C)C)CC1.[Cl-].[Cl-].[Ru+].c1ccc(P(c2ccccc2)c2ccc3ccccc3c2-c2c(P(c3ccccc3)c3ccccc3)ccc3ccccc23)cc1. The predicted molar refractivity (Wildman–Crippen MR) is 250 cm³/mol. The van der Waals surface area contributed by atoms with Crippen molar-refractivity contribution in [3.63, 3.8) is 0 Å². The molecule has 0 atom stereocenters. The molecule has 0 bridgehead atoms. The fraction of sp³-hybridized carbons (Fsp3) is 0.185. The fourth-order valence-electron chi connectivity index (χ4n) is 8.53. The Bertz CT molecular complexity index is 2240. The van der Waals surface area contributed by atoms with E-state index in [0.717, 1.165) is 17.8 Å². The molecule has 0 amide bonds. The van der Waals surface area contributed by atoms with Gasteiger partial charge >= 0.3 is 19.5 Å². The molecule has 0 N–H and O–H groups in total.